The minimum absolute atomic E-state index is 0.0809. The molecule has 1 amide bonds. The summed E-state index contributed by atoms with van der Waals surface area (Å²) >= 11 is 0. The topological polar surface area (TPSA) is 89.3 Å². The molecule has 116 valence electrons. The number of anilines is 1. The minimum Gasteiger partial charge on any atom is -0.381 e. The molecule has 1 unspecified atom stereocenters. The van der Waals surface area contributed by atoms with Crippen LogP contribution < -0.4 is 16.6 Å². The van der Waals surface area contributed by atoms with Crippen molar-refractivity contribution < 1.29 is 9.53 Å². The molecule has 0 radical (unpaired) electrons. The van der Waals surface area contributed by atoms with Gasteiger partial charge in [0.25, 0.3) is 5.91 Å². The van der Waals surface area contributed by atoms with Gasteiger partial charge in [0.05, 0.1) is 0 Å². The van der Waals surface area contributed by atoms with Crippen molar-refractivity contribution in [3.05, 3.63) is 23.4 Å². The molecule has 0 saturated carbocycles. The lowest BCUT2D eigenvalue weighted by molar-refractivity contribution is 0.0538. The number of rotatable bonds is 5. The van der Waals surface area contributed by atoms with Crippen LogP contribution in [0.15, 0.2) is 12.1 Å². The Kier molecular flexibility index (Phi) is 5.52. The second-order valence-electron chi connectivity index (χ2n) is 5.44. The number of pyridine rings is 1. The molecule has 6 heteroatoms. The van der Waals surface area contributed by atoms with Gasteiger partial charge in [-0.2, -0.15) is 0 Å². The first-order chi connectivity index (χ1) is 10.1. The van der Waals surface area contributed by atoms with E-state index < -0.39 is 0 Å². The number of hydrazine groups is 1. The summed E-state index contributed by atoms with van der Waals surface area (Å²) in [6.07, 6.45) is 2.74. The zero-order valence-corrected chi connectivity index (χ0v) is 12.7. The third-order valence-corrected chi connectivity index (χ3v) is 3.98. The summed E-state index contributed by atoms with van der Waals surface area (Å²) in [7, 11) is 0. The molecule has 1 fully saturated rings. The molecule has 21 heavy (non-hydrogen) atoms. The van der Waals surface area contributed by atoms with Crippen LogP contribution >= 0.6 is 0 Å². The average molecular weight is 292 g/mol. The second-order valence-corrected chi connectivity index (χ2v) is 5.44. The number of amides is 1. The molecule has 0 bridgehead atoms. The third kappa shape index (κ3) is 4.15. The van der Waals surface area contributed by atoms with E-state index in [9.17, 15) is 4.79 Å². The smallest absolute Gasteiger partial charge is 0.251 e. The van der Waals surface area contributed by atoms with E-state index in [-0.39, 0.29) is 11.9 Å². The Morgan fingerprint density at radius 3 is 2.81 bits per heavy atom. The Balaban J connectivity index is 2.05. The number of nitrogens with one attached hydrogen (secondary N) is 2. The molecule has 0 aromatic carbocycles. The Morgan fingerprint density at radius 1 is 1.48 bits per heavy atom. The fraction of sp³-hybridized carbons (Fsp3) is 0.600. The van der Waals surface area contributed by atoms with Gasteiger partial charge in [0, 0.05) is 30.5 Å². The van der Waals surface area contributed by atoms with Crippen LogP contribution in [0.5, 0.6) is 0 Å². The van der Waals surface area contributed by atoms with E-state index in [1.165, 1.54) is 0 Å². The molecule has 1 aliphatic rings. The molecule has 6 nitrogen and oxygen atoms in total. The van der Waals surface area contributed by atoms with E-state index in [0.29, 0.717) is 17.3 Å². The summed E-state index contributed by atoms with van der Waals surface area (Å²) in [6.45, 7) is 5.61. The van der Waals surface area contributed by atoms with Crippen LogP contribution in [0.3, 0.4) is 0 Å². The highest BCUT2D eigenvalue weighted by molar-refractivity contribution is 5.95. The maximum absolute atomic E-state index is 12.4. The lowest BCUT2D eigenvalue weighted by Crippen LogP contribution is -2.40. The Morgan fingerprint density at radius 2 is 2.19 bits per heavy atom. The highest BCUT2D eigenvalue weighted by atomic mass is 16.5. The molecule has 0 spiro atoms. The number of nitrogen functional groups attached to an aromatic ring is 1. The summed E-state index contributed by atoms with van der Waals surface area (Å²) in [4.78, 5) is 16.7. The number of carbonyl (C=O) groups is 1. The Hall–Kier alpha value is -1.66. The first kappa shape index (κ1) is 15.7. The molecule has 1 aromatic rings. The average Bonchev–Trinajstić information content (AvgIpc) is 2.54. The predicted octanol–water partition coefficient (Wildman–Crippen LogP) is 1.47. The fourth-order valence-corrected chi connectivity index (χ4v) is 2.60. The van der Waals surface area contributed by atoms with Gasteiger partial charge in [-0.1, -0.05) is 6.92 Å². The Labute approximate surface area is 125 Å². The molecule has 4 N–H and O–H groups in total. The van der Waals surface area contributed by atoms with E-state index in [4.69, 9.17) is 10.6 Å². The molecule has 0 aliphatic carbocycles. The van der Waals surface area contributed by atoms with Gasteiger partial charge in [-0.05, 0) is 44.2 Å². The summed E-state index contributed by atoms with van der Waals surface area (Å²) in [5, 5.41) is 3.08. The SMILES string of the molecule is CCc1cc(C(=O)NC(C)C2CCOCC2)cc(NN)n1. The van der Waals surface area contributed by atoms with E-state index in [2.05, 4.69) is 22.7 Å². The number of nitrogens with two attached hydrogens (primary N) is 1. The van der Waals surface area contributed by atoms with Crippen LogP contribution in [0.2, 0.25) is 0 Å². The van der Waals surface area contributed by atoms with Crippen molar-refractivity contribution in [3.63, 3.8) is 0 Å². The number of aromatic nitrogens is 1. The molecular formula is C15H24N4O2. The van der Waals surface area contributed by atoms with Crippen LogP contribution in [-0.4, -0.2) is 30.1 Å². The lowest BCUT2D eigenvalue weighted by Gasteiger charge is -2.28. The van der Waals surface area contributed by atoms with Gasteiger partial charge in [0.1, 0.15) is 5.82 Å². The van der Waals surface area contributed by atoms with E-state index >= 15 is 0 Å². The summed E-state index contributed by atoms with van der Waals surface area (Å²) in [5.41, 5.74) is 3.94. The first-order valence-electron chi connectivity index (χ1n) is 7.50. The van der Waals surface area contributed by atoms with Crippen LogP contribution in [0.1, 0.15) is 42.7 Å². The van der Waals surface area contributed by atoms with Crippen molar-refractivity contribution in [2.45, 2.75) is 39.2 Å². The van der Waals surface area contributed by atoms with Crippen LogP contribution in [0, 0.1) is 5.92 Å². The monoisotopic (exact) mass is 292 g/mol. The maximum Gasteiger partial charge on any atom is 0.251 e. The van der Waals surface area contributed by atoms with Gasteiger partial charge < -0.3 is 15.5 Å². The van der Waals surface area contributed by atoms with Gasteiger partial charge in [-0.15, -0.1) is 0 Å². The van der Waals surface area contributed by atoms with Crippen LogP contribution in [0.25, 0.3) is 0 Å². The summed E-state index contributed by atoms with van der Waals surface area (Å²) < 4.78 is 5.36. The van der Waals surface area contributed by atoms with Crippen molar-refractivity contribution in [2.75, 3.05) is 18.6 Å². The number of carbonyl (C=O) groups excluding carboxylic acids is 1. The van der Waals surface area contributed by atoms with Gasteiger partial charge >= 0.3 is 0 Å². The largest absolute Gasteiger partial charge is 0.381 e. The molecular weight excluding hydrogens is 268 g/mol. The van der Waals surface area contributed by atoms with Crippen molar-refractivity contribution >= 4 is 11.7 Å². The van der Waals surface area contributed by atoms with Crippen LogP contribution in [-0.2, 0) is 11.2 Å². The van der Waals surface area contributed by atoms with Gasteiger partial charge in [0.15, 0.2) is 0 Å². The first-order valence-corrected chi connectivity index (χ1v) is 7.50. The third-order valence-electron chi connectivity index (χ3n) is 3.98. The zero-order valence-electron chi connectivity index (χ0n) is 12.7. The highest BCUT2D eigenvalue weighted by Crippen LogP contribution is 2.19. The van der Waals surface area contributed by atoms with Crippen molar-refractivity contribution in [1.29, 1.82) is 0 Å². The minimum atomic E-state index is -0.0809. The molecule has 1 aromatic heterocycles. The van der Waals surface area contributed by atoms with Gasteiger partial charge in [-0.3, -0.25) is 4.79 Å². The van der Waals surface area contributed by atoms with Gasteiger partial charge in [0.2, 0.25) is 0 Å². The molecule has 2 rings (SSSR count). The van der Waals surface area contributed by atoms with Gasteiger partial charge in [-0.25, -0.2) is 10.8 Å². The number of aryl methyl sites for hydroxylation is 1. The second kappa shape index (κ2) is 7.38. The predicted molar refractivity (Wildman–Crippen MR) is 81.9 cm³/mol. The summed E-state index contributed by atoms with van der Waals surface area (Å²) in [6, 6.07) is 3.62. The molecule has 1 atom stereocenters. The number of nitrogens with zero attached hydrogens (tertiary/aromatic N) is 1. The summed E-state index contributed by atoms with van der Waals surface area (Å²) in [5.74, 6) is 6.31. The standard InChI is InChI=1S/C15H24N4O2/c1-3-13-8-12(9-14(18-13)19-16)15(20)17-10(2)11-4-6-21-7-5-11/h8-11H,3-7,16H2,1-2H3,(H,17,20)(H,18,19). The molecule has 1 aliphatic heterocycles. The van der Waals surface area contributed by atoms with Crippen molar-refractivity contribution in [3.8, 4) is 0 Å². The number of hydrogen-bond acceptors (Lipinski definition) is 5. The normalized spacial score (nSPS) is 17.3. The molecule has 1 saturated heterocycles. The lowest BCUT2D eigenvalue weighted by atomic mass is 9.93. The number of hydrogen-bond donors (Lipinski definition) is 3. The Bertz CT molecular complexity index is 464. The number of ether oxygens (including phenoxy) is 1. The van der Waals surface area contributed by atoms with E-state index in [1.54, 1.807) is 6.07 Å². The maximum atomic E-state index is 12.4. The van der Waals surface area contributed by atoms with Crippen molar-refractivity contribution in [2.24, 2.45) is 11.8 Å². The van der Waals surface area contributed by atoms with E-state index in [0.717, 1.165) is 38.2 Å². The van der Waals surface area contributed by atoms with Crippen LogP contribution in [0.4, 0.5) is 5.82 Å². The fourth-order valence-electron chi connectivity index (χ4n) is 2.60. The quantitative estimate of drug-likeness (QED) is 0.565. The zero-order chi connectivity index (χ0) is 15.2. The van der Waals surface area contributed by atoms with E-state index in [1.807, 2.05) is 13.0 Å². The molecule has 2 heterocycles. The highest BCUT2D eigenvalue weighted by Gasteiger charge is 2.22. The van der Waals surface area contributed by atoms with Crippen molar-refractivity contribution in [1.82, 2.24) is 10.3 Å².